The van der Waals surface area contributed by atoms with E-state index in [2.05, 4.69) is 10.3 Å². The molecule has 1 atom stereocenters. The number of anilines is 2. The molecule has 3 aromatic rings. The minimum absolute atomic E-state index is 0.0470. The first-order chi connectivity index (χ1) is 15.2. The van der Waals surface area contributed by atoms with Gasteiger partial charge in [-0.1, -0.05) is 54.6 Å². The molecule has 1 saturated heterocycles. The summed E-state index contributed by atoms with van der Waals surface area (Å²) in [6, 6.07) is 17.2. The third-order valence-electron chi connectivity index (χ3n) is 6.16. The number of aromatic nitrogens is 2. The van der Waals surface area contributed by atoms with Gasteiger partial charge in [-0.25, -0.2) is 0 Å². The Kier molecular flexibility index (Phi) is 4.04. The number of H-pyrrole nitrogens is 1. The number of ketones is 1. The number of aromatic amines is 1. The fourth-order valence-corrected chi connectivity index (χ4v) is 4.71. The Morgan fingerprint density at radius 3 is 2.42 bits per heavy atom. The van der Waals surface area contributed by atoms with Crippen molar-refractivity contribution in [2.24, 2.45) is 0 Å². The van der Waals surface area contributed by atoms with E-state index in [-0.39, 0.29) is 11.3 Å². The quantitative estimate of drug-likeness (QED) is 0.673. The number of rotatable bonds is 2. The average Bonchev–Trinajstić information content (AvgIpc) is 3.11. The number of allylic oxidation sites excluding steroid dienone is 1. The lowest BCUT2D eigenvalue weighted by Gasteiger charge is -2.30. The van der Waals surface area contributed by atoms with Gasteiger partial charge in [0.05, 0.1) is 24.5 Å². The molecule has 0 amide bonds. The number of hydrogen-bond acceptors (Lipinski definition) is 6. The molecule has 1 aliphatic carbocycles. The minimum atomic E-state index is -0.484. The Morgan fingerprint density at radius 2 is 1.65 bits per heavy atom. The third-order valence-corrected chi connectivity index (χ3v) is 6.16. The van der Waals surface area contributed by atoms with Gasteiger partial charge in [-0.3, -0.25) is 14.6 Å². The summed E-state index contributed by atoms with van der Waals surface area (Å²) in [5.74, 6) is 0.493. The van der Waals surface area contributed by atoms with E-state index in [1.807, 2.05) is 59.5 Å². The van der Waals surface area contributed by atoms with Crippen molar-refractivity contribution in [3.8, 4) is 0 Å². The first-order valence-corrected chi connectivity index (χ1v) is 10.4. The highest BCUT2D eigenvalue weighted by Gasteiger charge is 2.42. The maximum absolute atomic E-state index is 13.4. The molecule has 0 spiro atoms. The van der Waals surface area contributed by atoms with Crippen molar-refractivity contribution in [2.45, 2.75) is 5.92 Å². The van der Waals surface area contributed by atoms with E-state index in [4.69, 9.17) is 9.72 Å². The number of carbonyl (C=O) groups excluding carboxylic acids is 1. The Morgan fingerprint density at radius 1 is 0.935 bits per heavy atom. The molecule has 3 heterocycles. The molecule has 7 heteroatoms. The molecular formula is C24H20N4O3. The number of ether oxygens (including phenoxy) is 1. The van der Waals surface area contributed by atoms with Crippen molar-refractivity contribution in [3.05, 3.63) is 92.8 Å². The zero-order valence-electron chi connectivity index (χ0n) is 16.7. The maximum atomic E-state index is 13.4. The van der Waals surface area contributed by atoms with Crippen LogP contribution in [-0.4, -0.2) is 42.1 Å². The molecule has 7 nitrogen and oxygen atoms in total. The van der Waals surface area contributed by atoms with Gasteiger partial charge in [0.25, 0.3) is 5.56 Å². The summed E-state index contributed by atoms with van der Waals surface area (Å²) in [6.45, 7) is 2.52. The molecule has 0 saturated carbocycles. The van der Waals surface area contributed by atoms with Crippen LogP contribution in [0.3, 0.4) is 0 Å². The highest BCUT2D eigenvalue weighted by molar-refractivity contribution is 6.23. The van der Waals surface area contributed by atoms with Gasteiger partial charge in [0.15, 0.2) is 5.78 Å². The Bertz CT molecular complexity index is 1290. The van der Waals surface area contributed by atoms with Crippen LogP contribution in [0.5, 0.6) is 0 Å². The summed E-state index contributed by atoms with van der Waals surface area (Å²) in [6.07, 6.45) is 0. The third kappa shape index (κ3) is 2.74. The number of fused-ring (bicyclic) bond motifs is 3. The summed E-state index contributed by atoms with van der Waals surface area (Å²) >= 11 is 0. The summed E-state index contributed by atoms with van der Waals surface area (Å²) in [5, 5.41) is 3.34. The van der Waals surface area contributed by atoms with E-state index in [9.17, 15) is 9.59 Å². The standard InChI is InChI=1S/C24H20N4O3/c29-21-16-9-5-4-8-15(16)20-18(21)17(14-6-2-1-3-7-14)19-22(25-20)26-24(27-23(19)30)28-10-12-31-13-11-28/h1-9,17H,10-13H2,(H2,25,26,27,30)/t17-/m0/s1. The zero-order valence-corrected chi connectivity index (χ0v) is 16.7. The van der Waals surface area contributed by atoms with E-state index in [1.54, 1.807) is 0 Å². The second-order valence-electron chi connectivity index (χ2n) is 7.88. The van der Waals surface area contributed by atoms with Crippen molar-refractivity contribution in [2.75, 3.05) is 36.5 Å². The van der Waals surface area contributed by atoms with Gasteiger partial charge in [-0.05, 0) is 5.56 Å². The highest BCUT2D eigenvalue weighted by atomic mass is 16.5. The van der Waals surface area contributed by atoms with Gasteiger partial charge in [-0.15, -0.1) is 0 Å². The van der Waals surface area contributed by atoms with Crippen molar-refractivity contribution in [1.82, 2.24) is 9.97 Å². The summed E-state index contributed by atoms with van der Waals surface area (Å²) in [7, 11) is 0. The summed E-state index contributed by atoms with van der Waals surface area (Å²) in [5.41, 5.74) is 3.98. The minimum Gasteiger partial charge on any atom is -0.378 e. The number of carbonyl (C=O) groups is 1. The molecule has 3 aliphatic rings. The molecule has 31 heavy (non-hydrogen) atoms. The largest absolute Gasteiger partial charge is 0.378 e. The lowest BCUT2D eigenvalue weighted by molar-refractivity contribution is 0.103. The van der Waals surface area contributed by atoms with Crippen LogP contribution >= 0.6 is 0 Å². The number of nitrogens with zero attached hydrogens (tertiary/aromatic N) is 2. The van der Waals surface area contributed by atoms with Crippen LogP contribution in [0.15, 0.2) is 65.0 Å². The van der Waals surface area contributed by atoms with Gasteiger partial charge in [0, 0.05) is 35.7 Å². The van der Waals surface area contributed by atoms with Gasteiger partial charge in [-0.2, -0.15) is 4.98 Å². The number of nitrogens with one attached hydrogen (secondary N) is 2. The fourth-order valence-electron chi connectivity index (χ4n) is 4.71. The van der Waals surface area contributed by atoms with E-state index in [0.29, 0.717) is 54.8 Å². The molecule has 0 unspecified atom stereocenters. The van der Waals surface area contributed by atoms with Gasteiger partial charge < -0.3 is 15.0 Å². The van der Waals surface area contributed by atoms with Crippen molar-refractivity contribution in [1.29, 1.82) is 0 Å². The molecule has 0 bridgehead atoms. The SMILES string of the molecule is O=C1C2=C(Nc3nc(N4CCOCC4)[nH]c(=O)c3[C@H]2c2ccccc2)c2ccccc21. The molecule has 154 valence electrons. The highest BCUT2D eigenvalue weighted by Crippen LogP contribution is 2.47. The molecule has 1 fully saturated rings. The van der Waals surface area contributed by atoms with Crippen LogP contribution in [-0.2, 0) is 4.74 Å². The lowest BCUT2D eigenvalue weighted by atomic mass is 9.82. The molecular weight excluding hydrogens is 392 g/mol. The van der Waals surface area contributed by atoms with E-state index < -0.39 is 5.92 Å². The van der Waals surface area contributed by atoms with Crippen LogP contribution in [0, 0.1) is 0 Å². The number of morpholine rings is 1. The molecule has 2 aliphatic heterocycles. The predicted molar refractivity (Wildman–Crippen MR) is 117 cm³/mol. The average molecular weight is 412 g/mol. The number of Topliss-reactive ketones (excluding diaryl/α,β-unsaturated/α-hetero) is 1. The van der Waals surface area contributed by atoms with Crippen molar-refractivity contribution in [3.63, 3.8) is 0 Å². The second-order valence-corrected chi connectivity index (χ2v) is 7.88. The molecule has 2 N–H and O–H groups in total. The van der Waals surface area contributed by atoms with E-state index in [1.165, 1.54) is 0 Å². The first kappa shape index (κ1) is 18.1. The van der Waals surface area contributed by atoms with Gasteiger partial charge >= 0.3 is 0 Å². The lowest BCUT2D eigenvalue weighted by Crippen LogP contribution is -2.39. The Hall–Kier alpha value is -3.71. The normalized spacial score (nSPS) is 19.5. The Labute approximate surface area is 178 Å². The van der Waals surface area contributed by atoms with Crippen molar-refractivity contribution >= 4 is 23.2 Å². The second kappa shape index (κ2) is 6.92. The summed E-state index contributed by atoms with van der Waals surface area (Å²) < 4.78 is 5.42. The molecule has 6 rings (SSSR count). The number of benzene rings is 2. The maximum Gasteiger partial charge on any atom is 0.258 e. The van der Waals surface area contributed by atoms with Crippen LogP contribution in [0.1, 0.15) is 33.0 Å². The van der Waals surface area contributed by atoms with E-state index in [0.717, 1.165) is 16.8 Å². The topological polar surface area (TPSA) is 87.3 Å². The van der Waals surface area contributed by atoms with Crippen LogP contribution < -0.4 is 15.8 Å². The van der Waals surface area contributed by atoms with Crippen LogP contribution in [0.4, 0.5) is 11.8 Å². The fraction of sp³-hybridized carbons (Fsp3) is 0.208. The predicted octanol–water partition coefficient (Wildman–Crippen LogP) is 2.77. The Balaban J connectivity index is 1.57. The molecule has 1 aromatic heterocycles. The number of hydrogen-bond donors (Lipinski definition) is 2. The molecule has 0 radical (unpaired) electrons. The van der Waals surface area contributed by atoms with Gasteiger partial charge in [0.2, 0.25) is 5.95 Å². The van der Waals surface area contributed by atoms with Crippen LogP contribution in [0.25, 0.3) is 5.70 Å². The zero-order chi connectivity index (χ0) is 20.9. The smallest absolute Gasteiger partial charge is 0.258 e. The first-order valence-electron chi connectivity index (χ1n) is 10.4. The van der Waals surface area contributed by atoms with E-state index >= 15 is 0 Å². The molecule has 2 aromatic carbocycles. The van der Waals surface area contributed by atoms with Crippen LogP contribution in [0.2, 0.25) is 0 Å². The van der Waals surface area contributed by atoms with Crippen molar-refractivity contribution < 1.29 is 9.53 Å². The monoisotopic (exact) mass is 412 g/mol. The van der Waals surface area contributed by atoms with Gasteiger partial charge in [0.1, 0.15) is 5.82 Å². The summed E-state index contributed by atoms with van der Waals surface area (Å²) in [4.78, 5) is 36.5.